The SMILES string of the molecule is CCOC(=O)CCNc1cc([N+](=O)[O-])cc(Cl)n1. The number of anilines is 1. The molecule has 0 aromatic carbocycles. The largest absolute Gasteiger partial charge is 0.466 e. The summed E-state index contributed by atoms with van der Waals surface area (Å²) in [7, 11) is 0. The molecule has 98 valence electrons. The van der Waals surface area contributed by atoms with Crippen molar-refractivity contribution in [2.24, 2.45) is 0 Å². The molecule has 1 heterocycles. The van der Waals surface area contributed by atoms with Crippen molar-refractivity contribution in [1.82, 2.24) is 4.98 Å². The maximum Gasteiger partial charge on any atom is 0.307 e. The number of aromatic nitrogens is 1. The molecular formula is C10H12ClN3O4. The number of nitro groups is 1. The van der Waals surface area contributed by atoms with Crippen molar-refractivity contribution in [3.8, 4) is 0 Å². The van der Waals surface area contributed by atoms with E-state index in [2.05, 4.69) is 10.3 Å². The second-order valence-electron chi connectivity index (χ2n) is 3.27. The van der Waals surface area contributed by atoms with Gasteiger partial charge in [-0.1, -0.05) is 11.6 Å². The zero-order valence-electron chi connectivity index (χ0n) is 9.68. The van der Waals surface area contributed by atoms with Gasteiger partial charge >= 0.3 is 5.97 Å². The Kier molecular flexibility index (Phi) is 5.31. The number of esters is 1. The third-order valence-corrected chi connectivity index (χ3v) is 2.12. The summed E-state index contributed by atoms with van der Waals surface area (Å²) in [6.45, 7) is 2.30. The van der Waals surface area contributed by atoms with Crippen LogP contribution >= 0.6 is 11.6 Å². The Morgan fingerprint density at radius 1 is 1.61 bits per heavy atom. The molecule has 0 unspecified atom stereocenters. The quantitative estimate of drug-likeness (QED) is 0.369. The third-order valence-electron chi connectivity index (χ3n) is 1.93. The van der Waals surface area contributed by atoms with Crippen LogP contribution in [0.4, 0.5) is 11.5 Å². The molecule has 0 bridgehead atoms. The Morgan fingerprint density at radius 2 is 2.33 bits per heavy atom. The van der Waals surface area contributed by atoms with Crippen LogP contribution in [0.3, 0.4) is 0 Å². The molecule has 0 aliphatic heterocycles. The van der Waals surface area contributed by atoms with Crippen molar-refractivity contribution < 1.29 is 14.5 Å². The number of carbonyl (C=O) groups is 1. The van der Waals surface area contributed by atoms with Crippen molar-refractivity contribution in [2.75, 3.05) is 18.5 Å². The van der Waals surface area contributed by atoms with E-state index in [9.17, 15) is 14.9 Å². The Morgan fingerprint density at radius 3 is 2.94 bits per heavy atom. The van der Waals surface area contributed by atoms with Gasteiger partial charge in [-0.2, -0.15) is 0 Å². The standard InChI is InChI=1S/C10H12ClN3O4/c1-2-18-10(15)3-4-12-9-6-7(14(16)17)5-8(11)13-9/h5-6H,2-4H2,1H3,(H,12,13). The molecule has 18 heavy (non-hydrogen) atoms. The van der Waals surface area contributed by atoms with E-state index in [1.165, 1.54) is 6.07 Å². The van der Waals surface area contributed by atoms with E-state index in [-0.39, 0.29) is 35.6 Å². The summed E-state index contributed by atoms with van der Waals surface area (Å²) in [5.41, 5.74) is -0.159. The lowest BCUT2D eigenvalue weighted by Crippen LogP contribution is -2.12. The minimum Gasteiger partial charge on any atom is -0.466 e. The fourth-order valence-corrected chi connectivity index (χ4v) is 1.41. The van der Waals surface area contributed by atoms with Crippen LogP contribution in [0.15, 0.2) is 12.1 Å². The van der Waals surface area contributed by atoms with Crippen molar-refractivity contribution in [3.05, 3.63) is 27.4 Å². The van der Waals surface area contributed by atoms with E-state index in [1.807, 2.05) is 0 Å². The Bertz CT molecular complexity index is 453. The number of carbonyl (C=O) groups excluding carboxylic acids is 1. The Balaban J connectivity index is 2.57. The smallest absolute Gasteiger partial charge is 0.307 e. The molecule has 0 fully saturated rings. The first-order valence-electron chi connectivity index (χ1n) is 5.24. The molecule has 0 saturated carbocycles. The molecular weight excluding hydrogens is 262 g/mol. The van der Waals surface area contributed by atoms with E-state index in [4.69, 9.17) is 16.3 Å². The van der Waals surface area contributed by atoms with E-state index in [1.54, 1.807) is 6.92 Å². The number of nitrogens with one attached hydrogen (secondary N) is 1. The number of hydrogen-bond acceptors (Lipinski definition) is 6. The maximum absolute atomic E-state index is 11.1. The van der Waals surface area contributed by atoms with Gasteiger partial charge in [-0.3, -0.25) is 14.9 Å². The topological polar surface area (TPSA) is 94.4 Å². The van der Waals surface area contributed by atoms with Gasteiger partial charge in [-0.15, -0.1) is 0 Å². The molecule has 0 aliphatic carbocycles. The summed E-state index contributed by atoms with van der Waals surface area (Å²) in [5, 5.41) is 13.4. The van der Waals surface area contributed by atoms with Gasteiger partial charge in [0.1, 0.15) is 11.0 Å². The number of pyridine rings is 1. The van der Waals surface area contributed by atoms with Crippen molar-refractivity contribution >= 4 is 29.1 Å². The summed E-state index contributed by atoms with van der Waals surface area (Å²) in [4.78, 5) is 24.9. The average molecular weight is 274 g/mol. The molecule has 1 aromatic heterocycles. The van der Waals surface area contributed by atoms with Crippen LogP contribution in [0.25, 0.3) is 0 Å². The minimum absolute atomic E-state index is 0.0165. The minimum atomic E-state index is -0.565. The van der Waals surface area contributed by atoms with E-state index in [0.29, 0.717) is 6.61 Å². The van der Waals surface area contributed by atoms with Crippen molar-refractivity contribution in [3.63, 3.8) is 0 Å². The van der Waals surface area contributed by atoms with E-state index < -0.39 is 4.92 Å². The van der Waals surface area contributed by atoms with E-state index in [0.717, 1.165) is 6.07 Å². The molecule has 1 rings (SSSR count). The predicted octanol–water partition coefficient (Wildman–Crippen LogP) is 2.01. The van der Waals surface area contributed by atoms with Crippen LogP contribution in [0.5, 0.6) is 0 Å². The molecule has 7 nitrogen and oxygen atoms in total. The predicted molar refractivity (Wildman–Crippen MR) is 65.6 cm³/mol. The summed E-state index contributed by atoms with van der Waals surface area (Å²) in [6, 6.07) is 2.40. The van der Waals surface area contributed by atoms with E-state index >= 15 is 0 Å². The number of hydrogen-bond donors (Lipinski definition) is 1. The molecule has 0 radical (unpaired) electrons. The zero-order valence-corrected chi connectivity index (χ0v) is 10.4. The van der Waals surface area contributed by atoms with Crippen molar-refractivity contribution in [1.29, 1.82) is 0 Å². The van der Waals surface area contributed by atoms with Crippen LogP contribution in [0.1, 0.15) is 13.3 Å². The highest BCUT2D eigenvalue weighted by atomic mass is 35.5. The van der Waals surface area contributed by atoms with Crippen LogP contribution in [0, 0.1) is 10.1 Å². The first kappa shape index (κ1) is 14.2. The fraction of sp³-hybridized carbons (Fsp3) is 0.400. The first-order chi connectivity index (χ1) is 8.52. The maximum atomic E-state index is 11.1. The molecule has 0 amide bonds. The molecule has 0 spiro atoms. The van der Waals surface area contributed by atoms with Gasteiger partial charge in [0.05, 0.1) is 30.1 Å². The molecule has 8 heteroatoms. The second kappa shape index (κ2) is 6.75. The van der Waals surface area contributed by atoms with Gasteiger partial charge in [0.25, 0.3) is 5.69 Å². The summed E-state index contributed by atoms with van der Waals surface area (Å²) in [6.07, 6.45) is 0.149. The monoisotopic (exact) mass is 273 g/mol. The lowest BCUT2D eigenvalue weighted by molar-refractivity contribution is -0.384. The van der Waals surface area contributed by atoms with Gasteiger partial charge in [-0.05, 0) is 6.92 Å². The number of rotatable bonds is 6. The van der Waals surface area contributed by atoms with Crippen LogP contribution in [0.2, 0.25) is 5.15 Å². The normalized spacial score (nSPS) is 9.89. The number of halogens is 1. The Hall–Kier alpha value is -1.89. The first-order valence-corrected chi connectivity index (χ1v) is 5.62. The van der Waals surface area contributed by atoms with Crippen molar-refractivity contribution in [2.45, 2.75) is 13.3 Å². The molecule has 1 aromatic rings. The van der Waals surface area contributed by atoms with Gasteiger partial charge in [-0.25, -0.2) is 4.98 Å². The number of nitrogens with zero attached hydrogens (tertiary/aromatic N) is 2. The summed E-state index contributed by atoms with van der Waals surface area (Å²) in [5.74, 6) is -0.0972. The lowest BCUT2D eigenvalue weighted by atomic mass is 10.3. The average Bonchev–Trinajstić information content (AvgIpc) is 2.28. The molecule has 0 saturated heterocycles. The molecule has 0 aliphatic rings. The van der Waals surface area contributed by atoms with Gasteiger partial charge in [0.2, 0.25) is 0 Å². The highest BCUT2D eigenvalue weighted by molar-refractivity contribution is 6.29. The second-order valence-corrected chi connectivity index (χ2v) is 3.66. The Labute approximate surface area is 108 Å². The van der Waals surface area contributed by atoms with Gasteiger partial charge in [0.15, 0.2) is 0 Å². The number of ether oxygens (including phenoxy) is 1. The fourth-order valence-electron chi connectivity index (χ4n) is 1.21. The van der Waals surface area contributed by atoms with Crippen LogP contribution in [-0.4, -0.2) is 29.0 Å². The highest BCUT2D eigenvalue weighted by Gasteiger charge is 2.10. The summed E-state index contributed by atoms with van der Waals surface area (Å²) >= 11 is 5.64. The van der Waals surface area contributed by atoms with Crippen LogP contribution in [-0.2, 0) is 9.53 Å². The van der Waals surface area contributed by atoms with Gasteiger partial charge in [0, 0.05) is 6.54 Å². The van der Waals surface area contributed by atoms with Gasteiger partial charge < -0.3 is 10.1 Å². The zero-order chi connectivity index (χ0) is 13.5. The van der Waals surface area contributed by atoms with Crippen LogP contribution < -0.4 is 5.32 Å². The highest BCUT2D eigenvalue weighted by Crippen LogP contribution is 2.20. The molecule has 0 atom stereocenters. The lowest BCUT2D eigenvalue weighted by Gasteiger charge is -2.05. The molecule has 1 N–H and O–H groups in total. The third kappa shape index (κ3) is 4.54. The summed E-state index contributed by atoms with van der Waals surface area (Å²) < 4.78 is 4.73.